The fourth-order valence-electron chi connectivity index (χ4n) is 1.43. The number of amidine groups is 1. The Morgan fingerprint density at radius 3 is 2.82 bits per heavy atom. The van der Waals surface area contributed by atoms with Gasteiger partial charge >= 0.3 is 0 Å². The number of hydrogen-bond acceptors (Lipinski definition) is 4. The number of nitrogens with zero attached hydrogens (tertiary/aromatic N) is 3. The fourth-order valence-corrected chi connectivity index (χ4v) is 1.65. The van der Waals surface area contributed by atoms with Crippen molar-refractivity contribution in [2.45, 2.75) is 26.3 Å². The number of pyridine rings is 1. The summed E-state index contributed by atoms with van der Waals surface area (Å²) in [6, 6.07) is 4.00. The van der Waals surface area contributed by atoms with Gasteiger partial charge in [-0.15, -0.1) is 0 Å². The van der Waals surface area contributed by atoms with E-state index in [4.69, 9.17) is 10.9 Å². The number of oxime groups is 1. The Bertz CT molecular complexity index is 422. The van der Waals surface area contributed by atoms with Crippen molar-refractivity contribution in [2.75, 3.05) is 11.9 Å². The van der Waals surface area contributed by atoms with Crippen LogP contribution >= 0.6 is 15.9 Å². The Morgan fingerprint density at radius 1 is 1.65 bits per heavy atom. The molecule has 3 N–H and O–H groups in total. The van der Waals surface area contributed by atoms with Crippen molar-refractivity contribution in [3.8, 4) is 0 Å². The molecule has 0 aliphatic carbocycles. The monoisotopic (exact) mass is 300 g/mol. The highest BCUT2D eigenvalue weighted by molar-refractivity contribution is 9.10. The molecular weight excluding hydrogens is 284 g/mol. The smallest absolute Gasteiger partial charge is 0.141 e. The van der Waals surface area contributed by atoms with Crippen molar-refractivity contribution in [3.05, 3.63) is 22.3 Å². The van der Waals surface area contributed by atoms with Crippen molar-refractivity contribution < 1.29 is 5.21 Å². The summed E-state index contributed by atoms with van der Waals surface area (Å²) >= 11 is 3.41. The van der Waals surface area contributed by atoms with Crippen LogP contribution < -0.4 is 10.6 Å². The molecule has 5 nitrogen and oxygen atoms in total. The summed E-state index contributed by atoms with van der Waals surface area (Å²) < 4.78 is 0.985. The van der Waals surface area contributed by atoms with Gasteiger partial charge in [0.2, 0.25) is 0 Å². The number of rotatable bonds is 4. The molecule has 0 bridgehead atoms. The van der Waals surface area contributed by atoms with Crippen LogP contribution in [0.5, 0.6) is 0 Å². The Labute approximate surface area is 109 Å². The van der Waals surface area contributed by atoms with E-state index in [0.29, 0.717) is 6.42 Å². The van der Waals surface area contributed by atoms with Crippen LogP contribution in [0.3, 0.4) is 0 Å². The molecule has 1 unspecified atom stereocenters. The molecule has 0 aliphatic rings. The minimum Gasteiger partial charge on any atom is -0.409 e. The molecule has 0 aliphatic heterocycles. The van der Waals surface area contributed by atoms with Crippen LogP contribution in [0.2, 0.25) is 0 Å². The zero-order valence-electron chi connectivity index (χ0n) is 10.2. The second-order valence-electron chi connectivity index (χ2n) is 3.99. The summed E-state index contributed by atoms with van der Waals surface area (Å²) in [5.41, 5.74) is 6.42. The van der Waals surface area contributed by atoms with E-state index in [1.54, 1.807) is 0 Å². The lowest BCUT2D eigenvalue weighted by molar-refractivity contribution is 0.316. The topological polar surface area (TPSA) is 74.7 Å². The first-order valence-corrected chi connectivity index (χ1v) is 6.07. The molecule has 0 spiro atoms. The molecule has 94 valence electrons. The molecule has 0 amide bonds. The molecule has 1 atom stereocenters. The van der Waals surface area contributed by atoms with E-state index in [2.05, 4.69) is 26.1 Å². The summed E-state index contributed by atoms with van der Waals surface area (Å²) in [5, 5.41) is 11.5. The van der Waals surface area contributed by atoms with Gasteiger partial charge in [-0.25, -0.2) is 4.98 Å². The Hall–Kier alpha value is -1.30. The number of aromatic nitrogens is 1. The lowest BCUT2D eigenvalue weighted by atomic mass is 10.2. The largest absolute Gasteiger partial charge is 0.409 e. The van der Waals surface area contributed by atoms with Crippen molar-refractivity contribution in [2.24, 2.45) is 10.9 Å². The predicted molar refractivity (Wildman–Crippen MR) is 72.6 cm³/mol. The minimum atomic E-state index is 0.110. The van der Waals surface area contributed by atoms with Gasteiger partial charge in [0.15, 0.2) is 0 Å². The van der Waals surface area contributed by atoms with E-state index in [9.17, 15) is 0 Å². The van der Waals surface area contributed by atoms with Crippen LogP contribution in [0.1, 0.15) is 19.0 Å². The van der Waals surface area contributed by atoms with Gasteiger partial charge in [-0.05, 0) is 41.9 Å². The third-order valence-electron chi connectivity index (χ3n) is 2.66. The first-order chi connectivity index (χ1) is 7.95. The van der Waals surface area contributed by atoms with Gasteiger partial charge in [0.25, 0.3) is 0 Å². The SMILES string of the molecule is Cc1nc(N(C)C(C)C/C(N)=N/O)ccc1Br. The molecule has 0 saturated carbocycles. The second kappa shape index (κ2) is 5.86. The predicted octanol–water partition coefficient (Wildman–Crippen LogP) is 2.11. The maximum Gasteiger partial charge on any atom is 0.141 e. The molecular formula is C11H17BrN4O. The second-order valence-corrected chi connectivity index (χ2v) is 4.85. The van der Waals surface area contributed by atoms with Gasteiger partial charge in [0.05, 0.1) is 5.69 Å². The van der Waals surface area contributed by atoms with Crippen LogP contribution in [0.25, 0.3) is 0 Å². The molecule has 0 radical (unpaired) electrons. The third kappa shape index (κ3) is 3.59. The molecule has 1 heterocycles. The van der Waals surface area contributed by atoms with Gasteiger partial charge in [0.1, 0.15) is 11.7 Å². The molecule has 6 heteroatoms. The Kier molecular flexibility index (Phi) is 4.74. The highest BCUT2D eigenvalue weighted by Crippen LogP contribution is 2.20. The van der Waals surface area contributed by atoms with Crippen LogP contribution in [0, 0.1) is 6.92 Å². The molecule has 0 fully saturated rings. The quantitative estimate of drug-likeness (QED) is 0.386. The zero-order valence-corrected chi connectivity index (χ0v) is 11.8. The normalized spacial score (nSPS) is 13.5. The first kappa shape index (κ1) is 13.8. The van der Waals surface area contributed by atoms with E-state index in [1.165, 1.54) is 0 Å². The number of hydrogen-bond donors (Lipinski definition) is 2. The van der Waals surface area contributed by atoms with Crippen molar-refractivity contribution in [1.82, 2.24) is 4.98 Å². The van der Waals surface area contributed by atoms with E-state index < -0.39 is 0 Å². The summed E-state index contributed by atoms with van der Waals surface area (Å²) in [6.07, 6.45) is 0.490. The van der Waals surface area contributed by atoms with Gasteiger partial charge < -0.3 is 15.8 Å². The van der Waals surface area contributed by atoms with Crippen molar-refractivity contribution >= 4 is 27.6 Å². The van der Waals surface area contributed by atoms with E-state index in [0.717, 1.165) is 16.0 Å². The first-order valence-electron chi connectivity index (χ1n) is 5.28. The van der Waals surface area contributed by atoms with Crippen LogP contribution in [-0.4, -0.2) is 29.1 Å². The van der Waals surface area contributed by atoms with Gasteiger partial charge in [-0.1, -0.05) is 5.16 Å². The van der Waals surface area contributed by atoms with Crippen LogP contribution in [0.15, 0.2) is 21.8 Å². The number of anilines is 1. The zero-order chi connectivity index (χ0) is 13.0. The lowest BCUT2D eigenvalue weighted by Gasteiger charge is -2.25. The van der Waals surface area contributed by atoms with Gasteiger partial charge in [-0.2, -0.15) is 0 Å². The average Bonchev–Trinajstić information content (AvgIpc) is 2.31. The summed E-state index contributed by atoms with van der Waals surface area (Å²) in [7, 11) is 1.94. The number of nitrogens with two attached hydrogens (primary N) is 1. The van der Waals surface area contributed by atoms with E-state index in [-0.39, 0.29) is 11.9 Å². The molecule has 17 heavy (non-hydrogen) atoms. The molecule has 0 aromatic carbocycles. The van der Waals surface area contributed by atoms with Crippen molar-refractivity contribution in [1.29, 1.82) is 0 Å². The maximum atomic E-state index is 8.54. The molecule has 1 aromatic heterocycles. The maximum absolute atomic E-state index is 8.54. The van der Waals surface area contributed by atoms with Gasteiger partial charge in [-0.3, -0.25) is 0 Å². The standard InChI is InChI=1S/C11H17BrN4O/c1-7(6-10(13)15-17)16(3)11-5-4-9(12)8(2)14-11/h4-5,7,17H,6H2,1-3H3,(H2,13,15). The minimum absolute atomic E-state index is 0.110. The lowest BCUT2D eigenvalue weighted by Crippen LogP contribution is -2.33. The van der Waals surface area contributed by atoms with Crippen LogP contribution in [-0.2, 0) is 0 Å². The summed E-state index contributed by atoms with van der Waals surface area (Å²) in [4.78, 5) is 6.46. The highest BCUT2D eigenvalue weighted by Gasteiger charge is 2.13. The molecule has 0 saturated heterocycles. The highest BCUT2D eigenvalue weighted by atomic mass is 79.9. The van der Waals surface area contributed by atoms with E-state index in [1.807, 2.05) is 37.9 Å². The fraction of sp³-hybridized carbons (Fsp3) is 0.455. The molecule has 1 rings (SSSR count). The number of halogens is 1. The van der Waals surface area contributed by atoms with Crippen molar-refractivity contribution in [3.63, 3.8) is 0 Å². The molecule has 1 aromatic rings. The third-order valence-corrected chi connectivity index (χ3v) is 3.50. The summed E-state index contributed by atoms with van der Waals surface area (Å²) in [6.45, 7) is 3.94. The Balaban J connectivity index is 2.81. The Morgan fingerprint density at radius 2 is 2.29 bits per heavy atom. The van der Waals surface area contributed by atoms with Gasteiger partial charge in [0, 0.05) is 24.0 Å². The van der Waals surface area contributed by atoms with Crippen LogP contribution in [0.4, 0.5) is 5.82 Å². The van der Waals surface area contributed by atoms with E-state index >= 15 is 0 Å². The summed E-state index contributed by atoms with van der Waals surface area (Å²) in [5.74, 6) is 1.09. The number of aryl methyl sites for hydroxylation is 1. The average molecular weight is 301 g/mol.